The van der Waals surface area contributed by atoms with E-state index in [4.69, 9.17) is 10.5 Å². The summed E-state index contributed by atoms with van der Waals surface area (Å²) < 4.78 is 30.5. The van der Waals surface area contributed by atoms with E-state index in [1.54, 1.807) is 24.3 Å². The second-order valence-electron chi connectivity index (χ2n) is 6.32. The topological polar surface area (TPSA) is 102 Å². The predicted octanol–water partition coefficient (Wildman–Crippen LogP) is 1.04. The predicted molar refractivity (Wildman–Crippen MR) is 98.1 cm³/mol. The van der Waals surface area contributed by atoms with Crippen LogP contribution in [0.2, 0.25) is 0 Å². The first-order valence-electron chi connectivity index (χ1n) is 7.87. The van der Waals surface area contributed by atoms with Gasteiger partial charge in [-0.05, 0) is 37.5 Å². The van der Waals surface area contributed by atoms with Crippen LogP contribution in [0.25, 0.3) is 0 Å². The molecule has 1 aromatic rings. The van der Waals surface area contributed by atoms with E-state index in [1.165, 1.54) is 14.1 Å². The molecule has 1 atom stereocenters. The zero-order valence-electron chi connectivity index (χ0n) is 14.7. The SMILES string of the molecule is CC(NC(=O)C1(N)CCOCC1)c1ccc(S(=O)(=O)N(C)C)cc1.Cl. The molecule has 1 fully saturated rings. The number of halogens is 1. The second-order valence-corrected chi connectivity index (χ2v) is 8.47. The fourth-order valence-corrected chi connectivity index (χ4v) is 3.43. The van der Waals surface area contributed by atoms with Crippen LogP contribution in [0.5, 0.6) is 0 Å². The van der Waals surface area contributed by atoms with Crippen molar-refractivity contribution in [2.75, 3.05) is 27.3 Å². The van der Waals surface area contributed by atoms with Crippen LogP contribution in [-0.2, 0) is 19.6 Å². The van der Waals surface area contributed by atoms with Gasteiger partial charge in [0.1, 0.15) is 0 Å². The first-order valence-corrected chi connectivity index (χ1v) is 9.31. The van der Waals surface area contributed by atoms with Gasteiger partial charge in [-0.2, -0.15) is 0 Å². The Kier molecular flexibility index (Phi) is 7.40. The molecular formula is C16H26ClN3O4S. The molecule has 2 rings (SSSR count). The molecule has 0 radical (unpaired) electrons. The fourth-order valence-electron chi connectivity index (χ4n) is 2.53. The molecule has 25 heavy (non-hydrogen) atoms. The minimum atomic E-state index is -3.46. The lowest BCUT2D eigenvalue weighted by molar-refractivity contribution is -0.130. The van der Waals surface area contributed by atoms with Crippen molar-refractivity contribution in [3.63, 3.8) is 0 Å². The van der Waals surface area contributed by atoms with Crippen LogP contribution in [-0.4, -0.2) is 51.5 Å². The summed E-state index contributed by atoms with van der Waals surface area (Å²) in [5.41, 5.74) is 6.08. The average molecular weight is 392 g/mol. The third-order valence-electron chi connectivity index (χ3n) is 4.34. The molecule has 0 spiro atoms. The van der Waals surface area contributed by atoms with Crippen LogP contribution in [0, 0.1) is 0 Å². The Morgan fingerprint density at radius 3 is 2.24 bits per heavy atom. The van der Waals surface area contributed by atoms with Gasteiger partial charge in [0.15, 0.2) is 0 Å². The summed E-state index contributed by atoms with van der Waals surface area (Å²) in [4.78, 5) is 12.6. The first-order chi connectivity index (χ1) is 11.2. The number of hydrogen-bond acceptors (Lipinski definition) is 5. The van der Waals surface area contributed by atoms with Crippen LogP contribution < -0.4 is 11.1 Å². The quantitative estimate of drug-likeness (QED) is 0.780. The van der Waals surface area contributed by atoms with E-state index in [1.807, 2.05) is 6.92 Å². The van der Waals surface area contributed by atoms with E-state index >= 15 is 0 Å². The van der Waals surface area contributed by atoms with E-state index in [0.717, 1.165) is 9.87 Å². The molecule has 1 heterocycles. The number of amides is 1. The highest BCUT2D eigenvalue weighted by Gasteiger charge is 2.36. The van der Waals surface area contributed by atoms with Gasteiger partial charge < -0.3 is 15.8 Å². The maximum Gasteiger partial charge on any atom is 0.242 e. The number of nitrogens with one attached hydrogen (secondary N) is 1. The highest BCUT2D eigenvalue weighted by Crippen LogP contribution is 2.21. The molecule has 0 aromatic heterocycles. The highest BCUT2D eigenvalue weighted by atomic mass is 35.5. The number of benzene rings is 1. The second kappa shape index (κ2) is 8.46. The smallest absolute Gasteiger partial charge is 0.242 e. The summed E-state index contributed by atoms with van der Waals surface area (Å²) in [6.07, 6.45) is 0.983. The number of carbonyl (C=O) groups is 1. The van der Waals surface area contributed by atoms with Gasteiger partial charge in [-0.1, -0.05) is 12.1 Å². The normalized spacial score (nSPS) is 18.3. The molecule has 1 saturated heterocycles. The number of hydrogen-bond donors (Lipinski definition) is 2. The fraction of sp³-hybridized carbons (Fsp3) is 0.562. The van der Waals surface area contributed by atoms with Crippen molar-refractivity contribution in [2.24, 2.45) is 5.73 Å². The molecule has 0 bridgehead atoms. The molecule has 1 amide bonds. The Balaban J connectivity index is 0.00000312. The Morgan fingerprint density at radius 1 is 1.24 bits per heavy atom. The number of rotatable bonds is 5. The summed E-state index contributed by atoms with van der Waals surface area (Å²) in [6.45, 7) is 2.81. The molecule has 0 saturated carbocycles. The van der Waals surface area contributed by atoms with Gasteiger partial charge in [-0.3, -0.25) is 4.79 Å². The summed E-state index contributed by atoms with van der Waals surface area (Å²) in [5, 5.41) is 2.91. The summed E-state index contributed by atoms with van der Waals surface area (Å²) in [6, 6.07) is 6.22. The molecule has 142 valence electrons. The van der Waals surface area contributed by atoms with Gasteiger partial charge in [0, 0.05) is 27.3 Å². The molecule has 7 nitrogen and oxygen atoms in total. The van der Waals surface area contributed by atoms with Crippen molar-refractivity contribution in [1.82, 2.24) is 9.62 Å². The van der Waals surface area contributed by atoms with Gasteiger partial charge in [-0.15, -0.1) is 12.4 Å². The van der Waals surface area contributed by atoms with Gasteiger partial charge in [0.05, 0.1) is 16.5 Å². The lowest BCUT2D eigenvalue weighted by Gasteiger charge is -2.33. The molecule has 1 aliphatic heterocycles. The summed E-state index contributed by atoms with van der Waals surface area (Å²) in [5.74, 6) is -0.205. The first kappa shape index (κ1) is 21.9. The molecule has 3 N–H and O–H groups in total. The summed E-state index contributed by atoms with van der Waals surface area (Å²) >= 11 is 0. The van der Waals surface area contributed by atoms with Crippen molar-refractivity contribution < 1.29 is 17.9 Å². The van der Waals surface area contributed by atoms with Gasteiger partial charge in [0.2, 0.25) is 15.9 Å². The largest absolute Gasteiger partial charge is 0.381 e. The van der Waals surface area contributed by atoms with E-state index in [2.05, 4.69) is 5.32 Å². The monoisotopic (exact) mass is 391 g/mol. The van der Waals surface area contributed by atoms with Crippen LogP contribution in [0.1, 0.15) is 31.4 Å². The maximum atomic E-state index is 12.4. The molecule has 1 aliphatic rings. The minimum Gasteiger partial charge on any atom is -0.381 e. The van der Waals surface area contributed by atoms with E-state index in [9.17, 15) is 13.2 Å². The summed E-state index contributed by atoms with van der Waals surface area (Å²) in [7, 11) is -0.484. The lowest BCUT2D eigenvalue weighted by atomic mass is 9.90. The zero-order chi connectivity index (χ0) is 18.0. The Bertz CT molecular complexity index is 686. The number of sulfonamides is 1. The average Bonchev–Trinajstić information content (AvgIpc) is 2.55. The van der Waals surface area contributed by atoms with E-state index < -0.39 is 15.6 Å². The highest BCUT2D eigenvalue weighted by molar-refractivity contribution is 7.89. The van der Waals surface area contributed by atoms with Crippen molar-refractivity contribution in [3.8, 4) is 0 Å². The number of ether oxygens (including phenoxy) is 1. The maximum absolute atomic E-state index is 12.4. The van der Waals surface area contributed by atoms with Crippen LogP contribution >= 0.6 is 12.4 Å². The van der Waals surface area contributed by atoms with E-state index in [0.29, 0.717) is 26.1 Å². The number of nitrogens with zero attached hydrogens (tertiary/aromatic N) is 1. The molecule has 1 unspecified atom stereocenters. The van der Waals surface area contributed by atoms with Gasteiger partial charge in [0.25, 0.3) is 0 Å². The van der Waals surface area contributed by atoms with E-state index in [-0.39, 0.29) is 29.3 Å². The number of carbonyl (C=O) groups excluding carboxylic acids is 1. The molecular weight excluding hydrogens is 366 g/mol. The molecule has 0 aliphatic carbocycles. The third kappa shape index (κ3) is 4.92. The Hall–Kier alpha value is -1.19. The van der Waals surface area contributed by atoms with Crippen molar-refractivity contribution in [1.29, 1.82) is 0 Å². The van der Waals surface area contributed by atoms with Crippen LogP contribution in [0.4, 0.5) is 0 Å². The van der Waals surface area contributed by atoms with Gasteiger partial charge >= 0.3 is 0 Å². The van der Waals surface area contributed by atoms with Crippen LogP contribution in [0.3, 0.4) is 0 Å². The van der Waals surface area contributed by atoms with Gasteiger partial charge in [-0.25, -0.2) is 12.7 Å². The van der Waals surface area contributed by atoms with Crippen molar-refractivity contribution in [3.05, 3.63) is 29.8 Å². The molecule has 1 aromatic carbocycles. The third-order valence-corrected chi connectivity index (χ3v) is 6.17. The standard InChI is InChI=1S/C16H25N3O4S.ClH/c1-12(18-15(20)16(17)8-10-23-11-9-16)13-4-6-14(7-5-13)24(21,22)19(2)3;/h4-7,12H,8-11,17H2,1-3H3,(H,18,20);1H. The molecule has 9 heteroatoms. The Morgan fingerprint density at radius 2 is 1.76 bits per heavy atom. The Labute approximate surface area is 155 Å². The van der Waals surface area contributed by atoms with Crippen molar-refractivity contribution in [2.45, 2.75) is 36.2 Å². The lowest BCUT2D eigenvalue weighted by Crippen LogP contribution is -2.57. The van der Waals surface area contributed by atoms with Crippen molar-refractivity contribution >= 4 is 28.3 Å². The van der Waals surface area contributed by atoms with Crippen LogP contribution in [0.15, 0.2) is 29.2 Å². The minimum absolute atomic E-state index is 0. The number of nitrogens with two attached hydrogens (primary N) is 1. The zero-order valence-corrected chi connectivity index (χ0v) is 16.3.